The van der Waals surface area contributed by atoms with Gasteiger partial charge in [-0.2, -0.15) is 0 Å². The van der Waals surface area contributed by atoms with Crippen LogP contribution >= 0.6 is 23.1 Å². The SMILES string of the molecule is CCOc1ccc(CCNC(=O)CSc2ncnc3sc(-c4ccccc4)cc23)cc1OCC. The first-order valence-corrected chi connectivity index (χ1v) is 13.1. The first kappa shape index (κ1) is 24.0. The molecule has 8 heteroatoms. The number of hydrogen-bond donors (Lipinski definition) is 1. The van der Waals surface area contributed by atoms with Gasteiger partial charge in [-0.1, -0.05) is 48.2 Å². The number of hydrogen-bond acceptors (Lipinski definition) is 7. The van der Waals surface area contributed by atoms with Gasteiger partial charge in [-0.15, -0.1) is 11.3 Å². The third kappa shape index (κ3) is 6.07. The van der Waals surface area contributed by atoms with Gasteiger partial charge in [-0.25, -0.2) is 9.97 Å². The number of thioether (sulfide) groups is 1. The molecule has 0 atom stereocenters. The van der Waals surface area contributed by atoms with Crippen molar-refractivity contribution >= 4 is 39.2 Å². The maximum Gasteiger partial charge on any atom is 0.230 e. The van der Waals surface area contributed by atoms with E-state index in [0.29, 0.717) is 31.9 Å². The quantitative estimate of drug-likeness (QED) is 0.216. The van der Waals surface area contributed by atoms with Crippen molar-refractivity contribution in [2.45, 2.75) is 25.3 Å². The molecule has 0 saturated carbocycles. The van der Waals surface area contributed by atoms with Gasteiger partial charge in [-0.05, 0) is 49.6 Å². The molecule has 2 aromatic carbocycles. The van der Waals surface area contributed by atoms with Crippen LogP contribution in [-0.4, -0.2) is 41.4 Å². The standard InChI is InChI=1S/C26H27N3O3S2/c1-3-31-21-11-10-18(14-22(21)32-4-2)12-13-27-24(30)16-33-25-20-15-23(19-8-6-5-7-9-19)34-26(20)29-17-28-25/h5-11,14-15,17H,3-4,12-13,16H2,1-2H3,(H,27,30). The van der Waals surface area contributed by atoms with E-state index >= 15 is 0 Å². The summed E-state index contributed by atoms with van der Waals surface area (Å²) in [6.07, 6.45) is 2.28. The molecule has 0 unspecified atom stereocenters. The van der Waals surface area contributed by atoms with E-state index in [1.165, 1.54) is 11.8 Å². The van der Waals surface area contributed by atoms with Gasteiger partial charge in [0.25, 0.3) is 0 Å². The van der Waals surface area contributed by atoms with Gasteiger partial charge in [0.15, 0.2) is 11.5 Å². The van der Waals surface area contributed by atoms with Crippen LogP contribution in [0.4, 0.5) is 0 Å². The molecule has 2 heterocycles. The molecule has 0 spiro atoms. The number of rotatable bonds is 11. The number of carbonyl (C=O) groups is 1. The molecule has 2 aromatic heterocycles. The molecule has 0 aliphatic rings. The first-order valence-electron chi connectivity index (χ1n) is 11.3. The lowest BCUT2D eigenvalue weighted by molar-refractivity contribution is -0.118. The number of nitrogens with one attached hydrogen (secondary N) is 1. The van der Waals surface area contributed by atoms with Crippen LogP contribution in [0.2, 0.25) is 0 Å². The molecule has 0 fully saturated rings. The summed E-state index contributed by atoms with van der Waals surface area (Å²) >= 11 is 3.07. The highest BCUT2D eigenvalue weighted by Gasteiger charge is 2.12. The second-order valence-corrected chi connectivity index (χ2v) is 9.40. The molecular weight excluding hydrogens is 466 g/mol. The fourth-order valence-electron chi connectivity index (χ4n) is 3.48. The van der Waals surface area contributed by atoms with E-state index in [1.807, 2.05) is 50.2 Å². The molecule has 34 heavy (non-hydrogen) atoms. The number of fused-ring (bicyclic) bond motifs is 1. The molecule has 4 rings (SSSR count). The molecule has 0 radical (unpaired) electrons. The van der Waals surface area contributed by atoms with Crippen LogP contribution in [0.15, 0.2) is 66.0 Å². The van der Waals surface area contributed by atoms with Gasteiger partial charge in [0, 0.05) is 16.8 Å². The minimum atomic E-state index is -0.0220. The van der Waals surface area contributed by atoms with Crippen LogP contribution in [0.5, 0.6) is 11.5 Å². The van der Waals surface area contributed by atoms with Crippen molar-refractivity contribution in [3.63, 3.8) is 0 Å². The minimum absolute atomic E-state index is 0.0220. The minimum Gasteiger partial charge on any atom is -0.490 e. The molecule has 1 amide bonds. The Morgan fingerprint density at radius 2 is 1.79 bits per heavy atom. The number of amides is 1. The zero-order chi connectivity index (χ0) is 23.8. The van der Waals surface area contributed by atoms with E-state index < -0.39 is 0 Å². The van der Waals surface area contributed by atoms with Gasteiger partial charge >= 0.3 is 0 Å². The second-order valence-electron chi connectivity index (χ2n) is 7.41. The average Bonchev–Trinajstić information content (AvgIpc) is 3.30. The van der Waals surface area contributed by atoms with Crippen LogP contribution in [0.1, 0.15) is 19.4 Å². The summed E-state index contributed by atoms with van der Waals surface area (Å²) in [6.45, 7) is 5.61. The molecule has 0 aliphatic carbocycles. The van der Waals surface area contributed by atoms with Gasteiger partial charge in [0.2, 0.25) is 5.91 Å². The van der Waals surface area contributed by atoms with Crippen molar-refractivity contribution in [3.05, 3.63) is 66.5 Å². The number of carbonyl (C=O) groups excluding carboxylic acids is 1. The Kier molecular flexibility index (Phi) is 8.38. The van der Waals surface area contributed by atoms with Crippen molar-refractivity contribution in [1.82, 2.24) is 15.3 Å². The molecule has 0 saturated heterocycles. The third-order valence-corrected chi connectivity index (χ3v) is 7.13. The van der Waals surface area contributed by atoms with Gasteiger partial charge < -0.3 is 14.8 Å². The summed E-state index contributed by atoms with van der Waals surface area (Å²) in [6, 6.07) is 18.2. The number of thiophene rings is 1. The summed E-state index contributed by atoms with van der Waals surface area (Å²) in [5.41, 5.74) is 2.24. The average molecular weight is 494 g/mol. The molecule has 6 nitrogen and oxygen atoms in total. The van der Waals surface area contributed by atoms with E-state index in [-0.39, 0.29) is 5.91 Å². The highest BCUT2D eigenvalue weighted by Crippen LogP contribution is 2.36. The molecule has 0 bridgehead atoms. The highest BCUT2D eigenvalue weighted by atomic mass is 32.2. The molecule has 0 aliphatic heterocycles. The molecule has 4 aromatic rings. The van der Waals surface area contributed by atoms with E-state index in [1.54, 1.807) is 17.7 Å². The largest absolute Gasteiger partial charge is 0.490 e. The Balaban J connectivity index is 1.32. The van der Waals surface area contributed by atoms with Gasteiger partial charge in [0.1, 0.15) is 16.2 Å². The zero-order valence-electron chi connectivity index (χ0n) is 19.2. The van der Waals surface area contributed by atoms with Crippen LogP contribution < -0.4 is 14.8 Å². The maximum atomic E-state index is 12.5. The monoisotopic (exact) mass is 493 g/mol. The molecular formula is C26H27N3O3S2. The van der Waals surface area contributed by atoms with E-state index in [4.69, 9.17) is 9.47 Å². The first-order chi connectivity index (χ1) is 16.7. The lowest BCUT2D eigenvalue weighted by Gasteiger charge is -2.12. The number of ether oxygens (including phenoxy) is 2. The van der Waals surface area contributed by atoms with Gasteiger partial charge in [-0.3, -0.25) is 4.79 Å². The Labute approximate surface area is 207 Å². The summed E-state index contributed by atoms with van der Waals surface area (Å²) in [5, 5.41) is 4.81. The fourth-order valence-corrected chi connectivity index (χ4v) is 5.35. The predicted octanol–water partition coefficient (Wildman–Crippen LogP) is 5.61. The van der Waals surface area contributed by atoms with Crippen molar-refractivity contribution in [2.24, 2.45) is 0 Å². The summed E-state index contributed by atoms with van der Waals surface area (Å²) < 4.78 is 11.3. The topological polar surface area (TPSA) is 73.3 Å². The predicted molar refractivity (Wildman–Crippen MR) is 139 cm³/mol. The highest BCUT2D eigenvalue weighted by molar-refractivity contribution is 8.00. The Morgan fingerprint density at radius 3 is 2.59 bits per heavy atom. The third-order valence-electron chi connectivity index (χ3n) is 5.03. The molecule has 1 N–H and O–H groups in total. The van der Waals surface area contributed by atoms with Gasteiger partial charge in [0.05, 0.1) is 19.0 Å². The number of benzene rings is 2. The lowest BCUT2D eigenvalue weighted by Crippen LogP contribution is -2.27. The molecule has 176 valence electrons. The van der Waals surface area contributed by atoms with E-state index in [2.05, 4.69) is 33.5 Å². The Bertz CT molecular complexity index is 1240. The Morgan fingerprint density at radius 1 is 1.00 bits per heavy atom. The number of aromatic nitrogens is 2. The van der Waals surface area contributed by atoms with Crippen molar-refractivity contribution in [1.29, 1.82) is 0 Å². The number of nitrogens with zero attached hydrogens (tertiary/aromatic N) is 2. The summed E-state index contributed by atoms with van der Waals surface area (Å²) in [7, 11) is 0. The van der Waals surface area contributed by atoms with Crippen molar-refractivity contribution < 1.29 is 14.3 Å². The van der Waals surface area contributed by atoms with Crippen molar-refractivity contribution in [3.8, 4) is 21.9 Å². The lowest BCUT2D eigenvalue weighted by atomic mass is 10.1. The summed E-state index contributed by atoms with van der Waals surface area (Å²) in [5.74, 6) is 1.76. The Hall–Kier alpha value is -3.10. The van der Waals surface area contributed by atoms with Crippen LogP contribution in [0.25, 0.3) is 20.7 Å². The second kappa shape index (κ2) is 11.9. The fraction of sp³-hybridized carbons (Fsp3) is 0.269. The van der Waals surface area contributed by atoms with Crippen LogP contribution in [-0.2, 0) is 11.2 Å². The van der Waals surface area contributed by atoms with E-state index in [0.717, 1.165) is 42.7 Å². The summed E-state index contributed by atoms with van der Waals surface area (Å²) in [4.78, 5) is 23.4. The van der Waals surface area contributed by atoms with E-state index in [9.17, 15) is 4.79 Å². The van der Waals surface area contributed by atoms with Crippen LogP contribution in [0, 0.1) is 0 Å². The normalized spacial score (nSPS) is 10.9. The maximum absolute atomic E-state index is 12.5. The smallest absolute Gasteiger partial charge is 0.230 e. The van der Waals surface area contributed by atoms with Crippen LogP contribution in [0.3, 0.4) is 0 Å². The van der Waals surface area contributed by atoms with Crippen molar-refractivity contribution in [2.75, 3.05) is 25.5 Å². The zero-order valence-corrected chi connectivity index (χ0v) is 20.9.